The molecule has 122 valence electrons. The lowest BCUT2D eigenvalue weighted by Gasteiger charge is -2.25. The molecule has 1 N–H and O–H groups in total. The van der Waals surface area contributed by atoms with Crippen LogP contribution in [0.1, 0.15) is 41.3 Å². The third-order valence-corrected chi connectivity index (χ3v) is 5.20. The standard InChI is InChI=1S/C18H22N2O2S/c1-12-13(2)22-18(20-12)23-11-17(21)19-10-15-8-5-7-14-6-3-4-9-16(14)15/h3-4,6,9,15H,5,7-8,10-11H2,1-2H3,(H,19,21)/t15-/m1/s1. The highest BCUT2D eigenvalue weighted by molar-refractivity contribution is 7.99. The molecule has 1 aromatic carbocycles. The first-order chi connectivity index (χ1) is 11.1. The van der Waals surface area contributed by atoms with E-state index in [0.717, 1.165) is 24.3 Å². The number of nitrogens with one attached hydrogen (secondary N) is 1. The maximum Gasteiger partial charge on any atom is 0.256 e. The first kappa shape index (κ1) is 16.1. The van der Waals surface area contributed by atoms with E-state index in [1.807, 2.05) is 13.8 Å². The van der Waals surface area contributed by atoms with Crippen molar-refractivity contribution in [2.45, 2.75) is 44.3 Å². The largest absolute Gasteiger partial charge is 0.437 e. The van der Waals surface area contributed by atoms with E-state index in [-0.39, 0.29) is 5.91 Å². The van der Waals surface area contributed by atoms with E-state index in [1.165, 1.54) is 29.3 Å². The molecule has 23 heavy (non-hydrogen) atoms. The molecule has 0 bridgehead atoms. The van der Waals surface area contributed by atoms with Crippen molar-refractivity contribution in [2.24, 2.45) is 0 Å². The van der Waals surface area contributed by atoms with Gasteiger partial charge in [0, 0.05) is 12.5 Å². The number of aromatic nitrogens is 1. The van der Waals surface area contributed by atoms with Crippen molar-refractivity contribution in [1.82, 2.24) is 10.3 Å². The second-order valence-corrected chi connectivity index (χ2v) is 6.93. The van der Waals surface area contributed by atoms with Gasteiger partial charge in [0.1, 0.15) is 5.76 Å². The van der Waals surface area contributed by atoms with E-state index in [0.29, 0.717) is 23.4 Å². The third kappa shape index (κ3) is 3.96. The number of carbonyl (C=O) groups excluding carboxylic acids is 1. The molecule has 0 saturated carbocycles. The second-order valence-electron chi connectivity index (χ2n) is 6.00. The first-order valence-electron chi connectivity index (χ1n) is 8.05. The fourth-order valence-electron chi connectivity index (χ4n) is 2.99. The van der Waals surface area contributed by atoms with E-state index >= 15 is 0 Å². The summed E-state index contributed by atoms with van der Waals surface area (Å²) >= 11 is 1.35. The summed E-state index contributed by atoms with van der Waals surface area (Å²) < 4.78 is 5.48. The fourth-order valence-corrected chi connectivity index (χ4v) is 3.73. The summed E-state index contributed by atoms with van der Waals surface area (Å²) in [6.07, 6.45) is 3.49. The highest BCUT2D eigenvalue weighted by Crippen LogP contribution is 2.30. The van der Waals surface area contributed by atoms with Gasteiger partial charge in [0.25, 0.3) is 5.22 Å². The molecule has 1 heterocycles. The predicted octanol–water partition coefficient (Wildman–Crippen LogP) is 3.62. The Hall–Kier alpha value is -1.75. The summed E-state index contributed by atoms with van der Waals surface area (Å²) in [5.74, 6) is 1.62. The second kappa shape index (κ2) is 7.21. The number of nitrogens with zero attached hydrogens (tertiary/aromatic N) is 1. The van der Waals surface area contributed by atoms with Crippen LogP contribution in [0.5, 0.6) is 0 Å². The molecule has 1 atom stereocenters. The van der Waals surface area contributed by atoms with Crippen molar-refractivity contribution in [3.8, 4) is 0 Å². The fraction of sp³-hybridized carbons (Fsp3) is 0.444. The van der Waals surface area contributed by atoms with Crippen LogP contribution in [0.4, 0.5) is 0 Å². The third-order valence-electron chi connectivity index (χ3n) is 4.37. The average molecular weight is 330 g/mol. The van der Waals surface area contributed by atoms with Gasteiger partial charge in [-0.05, 0) is 44.2 Å². The SMILES string of the molecule is Cc1nc(SCC(=O)NC[C@H]2CCCc3ccccc32)oc1C. The Bertz CT molecular complexity index is 677. The highest BCUT2D eigenvalue weighted by atomic mass is 32.2. The molecular weight excluding hydrogens is 308 g/mol. The molecule has 0 saturated heterocycles. The summed E-state index contributed by atoms with van der Waals surface area (Å²) in [6, 6.07) is 8.57. The number of fused-ring (bicyclic) bond motifs is 1. The summed E-state index contributed by atoms with van der Waals surface area (Å²) in [5.41, 5.74) is 3.70. The molecule has 1 aromatic heterocycles. The maximum atomic E-state index is 12.1. The van der Waals surface area contributed by atoms with Crippen molar-refractivity contribution in [1.29, 1.82) is 0 Å². The quantitative estimate of drug-likeness (QED) is 0.851. The lowest BCUT2D eigenvalue weighted by atomic mass is 9.83. The van der Waals surface area contributed by atoms with Crippen LogP contribution in [-0.4, -0.2) is 23.2 Å². The topological polar surface area (TPSA) is 55.1 Å². The molecule has 1 aliphatic rings. The first-order valence-corrected chi connectivity index (χ1v) is 9.03. The zero-order chi connectivity index (χ0) is 16.2. The van der Waals surface area contributed by atoms with E-state index in [4.69, 9.17) is 4.42 Å². The van der Waals surface area contributed by atoms with Crippen LogP contribution in [0.15, 0.2) is 33.9 Å². The molecule has 3 rings (SSSR count). The van der Waals surface area contributed by atoms with Gasteiger partial charge in [0.15, 0.2) is 0 Å². The van der Waals surface area contributed by atoms with Crippen LogP contribution in [0, 0.1) is 13.8 Å². The van der Waals surface area contributed by atoms with E-state index in [2.05, 4.69) is 34.6 Å². The van der Waals surface area contributed by atoms with Gasteiger partial charge in [-0.15, -0.1) is 0 Å². The Balaban J connectivity index is 1.50. The van der Waals surface area contributed by atoms with Crippen molar-refractivity contribution < 1.29 is 9.21 Å². The van der Waals surface area contributed by atoms with Crippen LogP contribution in [0.2, 0.25) is 0 Å². The van der Waals surface area contributed by atoms with Gasteiger partial charge in [0.2, 0.25) is 5.91 Å². The molecule has 0 unspecified atom stereocenters. The summed E-state index contributed by atoms with van der Waals surface area (Å²) in [6.45, 7) is 4.50. The monoisotopic (exact) mass is 330 g/mol. The van der Waals surface area contributed by atoms with Gasteiger partial charge in [-0.25, -0.2) is 4.98 Å². The molecule has 0 fully saturated rings. The van der Waals surface area contributed by atoms with Crippen LogP contribution < -0.4 is 5.32 Å². The van der Waals surface area contributed by atoms with Crippen LogP contribution in [-0.2, 0) is 11.2 Å². The Morgan fingerprint density at radius 3 is 3.00 bits per heavy atom. The molecule has 1 amide bonds. The van der Waals surface area contributed by atoms with E-state index in [1.54, 1.807) is 0 Å². The zero-order valence-corrected chi connectivity index (χ0v) is 14.4. The van der Waals surface area contributed by atoms with Crippen LogP contribution in [0.3, 0.4) is 0 Å². The number of carbonyl (C=O) groups is 1. The maximum absolute atomic E-state index is 12.1. The number of thioether (sulfide) groups is 1. The Kier molecular flexibility index (Phi) is 5.06. The number of rotatable bonds is 5. The van der Waals surface area contributed by atoms with Crippen molar-refractivity contribution >= 4 is 17.7 Å². The van der Waals surface area contributed by atoms with Gasteiger partial charge < -0.3 is 9.73 Å². The number of hydrogen-bond donors (Lipinski definition) is 1. The minimum Gasteiger partial charge on any atom is -0.437 e. The minimum atomic E-state index is 0.0339. The number of aryl methyl sites for hydroxylation is 3. The van der Waals surface area contributed by atoms with Gasteiger partial charge in [0.05, 0.1) is 11.4 Å². The predicted molar refractivity (Wildman–Crippen MR) is 91.8 cm³/mol. The Morgan fingerprint density at radius 2 is 2.22 bits per heavy atom. The number of oxazole rings is 1. The molecule has 5 heteroatoms. The smallest absolute Gasteiger partial charge is 0.256 e. The van der Waals surface area contributed by atoms with Gasteiger partial charge in [-0.1, -0.05) is 36.0 Å². The van der Waals surface area contributed by atoms with Gasteiger partial charge in [-0.2, -0.15) is 0 Å². The molecule has 4 nitrogen and oxygen atoms in total. The van der Waals surface area contributed by atoms with E-state index in [9.17, 15) is 4.79 Å². The molecule has 0 radical (unpaired) electrons. The molecular formula is C18H22N2O2S. The Morgan fingerprint density at radius 1 is 1.39 bits per heavy atom. The summed E-state index contributed by atoms with van der Waals surface area (Å²) in [7, 11) is 0. The lowest BCUT2D eigenvalue weighted by molar-refractivity contribution is -0.118. The molecule has 0 spiro atoms. The minimum absolute atomic E-state index is 0.0339. The molecule has 0 aliphatic heterocycles. The average Bonchev–Trinajstić information content (AvgIpc) is 2.89. The summed E-state index contributed by atoms with van der Waals surface area (Å²) in [4.78, 5) is 16.3. The van der Waals surface area contributed by atoms with Crippen LogP contribution in [0.25, 0.3) is 0 Å². The molecule has 1 aliphatic carbocycles. The summed E-state index contributed by atoms with van der Waals surface area (Å²) in [5, 5.41) is 3.62. The zero-order valence-electron chi connectivity index (χ0n) is 13.6. The Labute approximate surface area is 141 Å². The van der Waals surface area contributed by atoms with E-state index < -0.39 is 0 Å². The van der Waals surface area contributed by atoms with Crippen LogP contribution >= 0.6 is 11.8 Å². The highest BCUT2D eigenvalue weighted by Gasteiger charge is 2.20. The number of amides is 1. The van der Waals surface area contributed by atoms with Gasteiger partial charge in [-0.3, -0.25) is 4.79 Å². The number of benzene rings is 1. The van der Waals surface area contributed by atoms with Crippen molar-refractivity contribution in [3.05, 3.63) is 46.8 Å². The van der Waals surface area contributed by atoms with Crippen molar-refractivity contribution in [2.75, 3.05) is 12.3 Å². The van der Waals surface area contributed by atoms with Crippen molar-refractivity contribution in [3.63, 3.8) is 0 Å². The number of hydrogen-bond acceptors (Lipinski definition) is 4. The lowest BCUT2D eigenvalue weighted by Crippen LogP contribution is -2.31. The normalized spacial score (nSPS) is 16.9. The molecule has 2 aromatic rings. The van der Waals surface area contributed by atoms with Gasteiger partial charge >= 0.3 is 0 Å².